The average Bonchev–Trinajstić information content (AvgIpc) is 2.47. The molecule has 1 aromatic rings. The fourth-order valence-electron chi connectivity index (χ4n) is 2.86. The van der Waals surface area contributed by atoms with E-state index < -0.39 is 11.7 Å². The maximum atomic E-state index is 12.5. The number of hydrogen-bond donors (Lipinski definition) is 0. The lowest BCUT2D eigenvalue weighted by molar-refractivity contribution is -0.925. The minimum atomic E-state index is -4.25. The molecule has 0 unspecified atom stereocenters. The van der Waals surface area contributed by atoms with Gasteiger partial charge in [-0.2, -0.15) is 13.2 Å². The van der Waals surface area contributed by atoms with Crippen LogP contribution in [0.2, 0.25) is 0 Å². The van der Waals surface area contributed by atoms with Crippen molar-refractivity contribution in [1.82, 2.24) is 0 Å². The van der Waals surface area contributed by atoms with Crippen molar-refractivity contribution in [2.45, 2.75) is 20.0 Å². The van der Waals surface area contributed by atoms with Crippen LogP contribution in [0.3, 0.4) is 0 Å². The first kappa shape index (κ1) is 15.2. The molecule has 2 rings (SSSR count). The van der Waals surface area contributed by atoms with Crippen LogP contribution in [0.25, 0.3) is 0 Å². The summed E-state index contributed by atoms with van der Waals surface area (Å²) in [5.41, 5.74) is 0.313. The number of hydrogen-bond acceptors (Lipinski definition) is 1. The van der Waals surface area contributed by atoms with Crippen LogP contribution in [-0.4, -0.2) is 43.8 Å². The van der Waals surface area contributed by atoms with Gasteiger partial charge in [0.05, 0.1) is 44.8 Å². The fourth-order valence-corrected chi connectivity index (χ4v) is 2.86. The first-order chi connectivity index (χ1) is 9.40. The minimum absolute atomic E-state index is 0.578. The Balaban J connectivity index is 2.04. The summed E-state index contributed by atoms with van der Waals surface area (Å²) in [5.74, 6) is 0. The second kappa shape index (κ2) is 5.64. The van der Waals surface area contributed by atoms with Crippen LogP contribution < -0.4 is 4.90 Å². The van der Waals surface area contributed by atoms with E-state index in [9.17, 15) is 13.2 Å². The zero-order chi connectivity index (χ0) is 14.8. The van der Waals surface area contributed by atoms with E-state index in [1.807, 2.05) is 0 Å². The van der Waals surface area contributed by atoms with E-state index in [2.05, 4.69) is 18.7 Å². The Bertz CT molecular complexity index is 425. The van der Waals surface area contributed by atoms with Gasteiger partial charge in [0.2, 0.25) is 0 Å². The molecule has 0 spiro atoms. The number of anilines is 1. The summed E-state index contributed by atoms with van der Waals surface area (Å²) in [7, 11) is 0. The predicted octanol–water partition coefficient (Wildman–Crippen LogP) is 3.38. The maximum absolute atomic E-state index is 12.5. The number of benzene rings is 1. The highest BCUT2D eigenvalue weighted by Gasteiger charge is 2.32. The van der Waals surface area contributed by atoms with Crippen molar-refractivity contribution < 1.29 is 17.7 Å². The molecule has 1 aliphatic heterocycles. The molecular formula is C15H22F3N2+. The van der Waals surface area contributed by atoms with Crippen LogP contribution >= 0.6 is 0 Å². The molecule has 0 aromatic heterocycles. The Morgan fingerprint density at radius 1 is 1.00 bits per heavy atom. The maximum Gasteiger partial charge on any atom is 0.416 e. The summed E-state index contributed by atoms with van der Waals surface area (Å²) in [6, 6.07) is 5.51. The third kappa shape index (κ3) is 3.08. The van der Waals surface area contributed by atoms with Crippen LogP contribution in [-0.2, 0) is 6.18 Å². The standard InChI is InChI=1S/C15H22F3N2/c1-3-20(4-2)11-9-19(10-12-20)14-7-5-13(6-8-14)15(16,17)18/h5-8H,3-4,9-12H2,1-2H3/q+1. The Hall–Kier alpha value is -1.23. The molecule has 0 aliphatic carbocycles. The summed E-state index contributed by atoms with van der Waals surface area (Å²) in [5, 5.41) is 0. The van der Waals surface area contributed by atoms with Crippen molar-refractivity contribution in [3.05, 3.63) is 29.8 Å². The summed E-state index contributed by atoms with van der Waals surface area (Å²) in [4.78, 5) is 2.18. The third-order valence-corrected chi connectivity index (χ3v) is 4.59. The lowest BCUT2D eigenvalue weighted by Gasteiger charge is -2.44. The monoisotopic (exact) mass is 287 g/mol. The molecule has 0 saturated carbocycles. The first-order valence-electron chi connectivity index (χ1n) is 7.17. The van der Waals surface area contributed by atoms with Gasteiger partial charge >= 0.3 is 6.18 Å². The lowest BCUT2D eigenvalue weighted by atomic mass is 10.1. The molecule has 1 saturated heterocycles. The minimum Gasteiger partial charge on any atom is -0.360 e. The number of nitrogens with zero attached hydrogens (tertiary/aromatic N) is 2. The van der Waals surface area contributed by atoms with Gasteiger partial charge in [-0.25, -0.2) is 0 Å². The molecule has 5 heteroatoms. The molecule has 0 N–H and O–H groups in total. The van der Waals surface area contributed by atoms with Crippen molar-refractivity contribution in [2.24, 2.45) is 0 Å². The molecule has 2 nitrogen and oxygen atoms in total. The molecule has 1 aliphatic rings. The van der Waals surface area contributed by atoms with Crippen molar-refractivity contribution in [1.29, 1.82) is 0 Å². The van der Waals surface area contributed by atoms with Gasteiger partial charge in [-0.15, -0.1) is 0 Å². The van der Waals surface area contributed by atoms with Crippen LogP contribution in [0, 0.1) is 0 Å². The number of alkyl halides is 3. The molecule has 1 fully saturated rings. The van der Waals surface area contributed by atoms with Gasteiger partial charge in [0.15, 0.2) is 0 Å². The first-order valence-corrected chi connectivity index (χ1v) is 7.17. The van der Waals surface area contributed by atoms with Crippen molar-refractivity contribution in [2.75, 3.05) is 44.2 Å². The van der Waals surface area contributed by atoms with Gasteiger partial charge in [0, 0.05) is 5.69 Å². The van der Waals surface area contributed by atoms with E-state index in [1.165, 1.54) is 12.1 Å². The smallest absolute Gasteiger partial charge is 0.360 e. The third-order valence-electron chi connectivity index (χ3n) is 4.59. The topological polar surface area (TPSA) is 3.24 Å². The SMILES string of the molecule is CC[N+]1(CC)CCN(c2ccc(C(F)(F)F)cc2)CC1. The van der Waals surface area contributed by atoms with Gasteiger partial charge < -0.3 is 9.38 Å². The summed E-state index contributed by atoms with van der Waals surface area (Å²) in [6.07, 6.45) is -4.25. The van der Waals surface area contributed by atoms with Crippen LogP contribution in [0.4, 0.5) is 18.9 Å². The van der Waals surface area contributed by atoms with Crippen LogP contribution in [0.15, 0.2) is 24.3 Å². The van der Waals surface area contributed by atoms with E-state index in [0.717, 1.165) is 49.4 Å². The predicted molar refractivity (Wildman–Crippen MR) is 74.7 cm³/mol. The Morgan fingerprint density at radius 2 is 1.50 bits per heavy atom. The van der Waals surface area contributed by atoms with E-state index in [0.29, 0.717) is 0 Å². The average molecular weight is 287 g/mol. The van der Waals surface area contributed by atoms with Gasteiger partial charge in [0.25, 0.3) is 0 Å². The van der Waals surface area contributed by atoms with E-state index in [1.54, 1.807) is 12.1 Å². The molecule has 0 atom stereocenters. The molecule has 1 aromatic carbocycles. The van der Waals surface area contributed by atoms with E-state index in [-0.39, 0.29) is 0 Å². The van der Waals surface area contributed by atoms with Crippen molar-refractivity contribution in [3.8, 4) is 0 Å². The molecule has 0 bridgehead atoms. The normalized spacial score (nSPS) is 19.1. The van der Waals surface area contributed by atoms with Gasteiger partial charge in [-0.3, -0.25) is 0 Å². The lowest BCUT2D eigenvalue weighted by Crippen LogP contribution is -2.59. The Labute approximate surface area is 118 Å². The van der Waals surface area contributed by atoms with Crippen LogP contribution in [0.1, 0.15) is 19.4 Å². The highest BCUT2D eigenvalue weighted by molar-refractivity contribution is 5.48. The highest BCUT2D eigenvalue weighted by atomic mass is 19.4. The number of likely N-dealkylation sites (N-methyl/N-ethyl adjacent to an activating group) is 1. The number of rotatable bonds is 3. The van der Waals surface area contributed by atoms with Crippen LogP contribution in [0.5, 0.6) is 0 Å². The second-order valence-electron chi connectivity index (χ2n) is 5.45. The number of halogens is 3. The summed E-state index contributed by atoms with van der Waals surface area (Å²) in [6.45, 7) is 10.6. The molecule has 112 valence electrons. The molecule has 0 amide bonds. The van der Waals surface area contributed by atoms with Gasteiger partial charge in [-0.1, -0.05) is 0 Å². The Morgan fingerprint density at radius 3 is 1.90 bits per heavy atom. The van der Waals surface area contributed by atoms with Crippen molar-refractivity contribution >= 4 is 5.69 Å². The summed E-state index contributed by atoms with van der Waals surface area (Å²) < 4.78 is 38.7. The van der Waals surface area contributed by atoms with Gasteiger partial charge in [0.1, 0.15) is 0 Å². The molecule has 20 heavy (non-hydrogen) atoms. The largest absolute Gasteiger partial charge is 0.416 e. The van der Waals surface area contributed by atoms with Gasteiger partial charge in [-0.05, 0) is 38.1 Å². The second-order valence-corrected chi connectivity index (χ2v) is 5.45. The molecular weight excluding hydrogens is 265 g/mol. The zero-order valence-electron chi connectivity index (χ0n) is 12.1. The molecule has 0 radical (unpaired) electrons. The fraction of sp³-hybridized carbons (Fsp3) is 0.600. The Kier molecular flexibility index (Phi) is 4.28. The molecule has 1 heterocycles. The summed E-state index contributed by atoms with van der Waals surface area (Å²) >= 11 is 0. The van der Waals surface area contributed by atoms with E-state index in [4.69, 9.17) is 0 Å². The quantitative estimate of drug-likeness (QED) is 0.770. The number of quaternary nitrogens is 1. The zero-order valence-corrected chi connectivity index (χ0v) is 12.1. The van der Waals surface area contributed by atoms with Crippen molar-refractivity contribution in [3.63, 3.8) is 0 Å². The highest BCUT2D eigenvalue weighted by Crippen LogP contribution is 2.31. The van der Waals surface area contributed by atoms with E-state index >= 15 is 0 Å². The number of piperazine rings is 1.